The van der Waals surface area contributed by atoms with E-state index in [9.17, 15) is 4.79 Å². The van der Waals surface area contributed by atoms with Gasteiger partial charge in [-0.1, -0.05) is 29.8 Å². The Kier molecular flexibility index (Phi) is 5.01. The molecule has 0 saturated carbocycles. The van der Waals surface area contributed by atoms with Gasteiger partial charge in [0.2, 0.25) is 5.91 Å². The van der Waals surface area contributed by atoms with Gasteiger partial charge in [0.1, 0.15) is 0 Å². The predicted molar refractivity (Wildman–Crippen MR) is 86.5 cm³/mol. The van der Waals surface area contributed by atoms with Crippen molar-refractivity contribution in [3.05, 3.63) is 34.9 Å². The van der Waals surface area contributed by atoms with Crippen molar-refractivity contribution in [2.45, 2.75) is 31.9 Å². The number of carbonyl (C=O) groups is 1. The molecule has 2 saturated heterocycles. The van der Waals surface area contributed by atoms with E-state index >= 15 is 0 Å². The quantitative estimate of drug-likeness (QED) is 0.926. The van der Waals surface area contributed by atoms with Crippen molar-refractivity contribution < 1.29 is 9.53 Å². The molecule has 1 aromatic carbocycles. The number of carbonyl (C=O) groups excluding carboxylic acids is 1. The van der Waals surface area contributed by atoms with Gasteiger partial charge in [-0.3, -0.25) is 9.69 Å². The lowest BCUT2D eigenvalue weighted by atomic mass is 9.84. The summed E-state index contributed by atoms with van der Waals surface area (Å²) in [6, 6.07) is 8.00. The van der Waals surface area contributed by atoms with E-state index in [0.29, 0.717) is 12.5 Å². The molecule has 0 bridgehead atoms. The third kappa shape index (κ3) is 3.45. The summed E-state index contributed by atoms with van der Waals surface area (Å²) < 4.78 is 5.80. The van der Waals surface area contributed by atoms with E-state index in [1.807, 2.05) is 18.2 Å². The maximum absolute atomic E-state index is 11.5. The largest absolute Gasteiger partial charge is 0.377 e. The predicted octanol–water partition coefficient (Wildman–Crippen LogP) is 2.44. The number of halogens is 1. The molecule has 0 unspecified atom stereocenters. The first-order chi connectivity index (χ1) is 10.6. The molecule has 1 amide bonds. The summed E-state index contributed by atoms with van der Waals surface area (Å²) in [7, 11) is 0. The molecule has 2 aliphatic rings. The summed E-state index contributed by atoms with van der Waals surface area (Å²) in [5.74, 6) is 0.142. The van der Waals surface area contributed by atoms with Crippen LogP contribution in [-0.4, -0.2) is 36.6 Å². The van der Waals surface area contributed by atoms with Crippen LogP contribution in [0.3, 0.4) is 0 Å². The van der Waals surface area contributed by atoms with Crippen molar-refractivity contribution in [3.8, 4) is 0 Å². The molecule has 1 aromatic rings. The summed E-state index contributed by atoms with van der Waals surface area (Å²) in [6.45, 7) is 3.58. The number of piperidine rings is 1. The van der Waals surface area contributed by atoms with Gasteiger partial charge in [-0.25, -0.2) is 0 Å². The molecule has 0 aliphatic carbocycles. The number of benzene rings is 1. The number of nitrogens with two attached hydrogens (primary N) is 1. The highest BCUT2D eigenvalue weighted by atomic mass is 35.5. The maximum atomic E-state index is 11.5. The first kappa shape index (κ1) is 15.8. The van der Waals surface area contributed by atoms with Crippen molar-refractivity contribution >= 4 is 17.5 Å². The molecule has 120 valence electrons. The molecule has 0 radical (unpaired) electrons. The van der Waals surface area contributed by atoms with Crippen molar-refractivity contribution in [1.29, 1.82) is 0 Å². The zero-order valence-corrected chi connectivity index (χ0v) is 13.5. The molecule has 4 nitrogen and oxygen atoms in total. The number of ether oxygens (including phenoxy) is 1. The second-order valence-corrected chi connectivity index (χ2v) is 6.75. The number of primary amides is 1. The summed E-state index contributed by atoms with van der Waals surface area (Å²) in [5.41, 5.74) is 6.67. The summed E-state index contributed by atoms with van der Waals surface area (Å²) in [5, 5.41) is 0.831. The summed E-state index contributed by atoms with van der Waals surface area (Å²) >= 11 is 6.23. The van der Waals surface area contributed by atoms with Gasteiger partial charge >= 0.3 is 0 Å². The minimum atomic E-state index is -0.207. The lowest BCUT2D eigenvalue weighted by Gasteiger charge is -2.35. The van der Waals surface area contributed by atoms with Gasteiger partial charge < -0.3 is 10.5 Å². The Morgan fingerprint density at radius 2 is 2.00 bits per heavy atom. The Morgan fingerprint density at radius 1 is 1.27 bits per heavy atom. The van der Waals surface area contributed by atoms with Crippen LogP contribution >= 0.6 is 11.6 Å². The van der Waals surface area contributed by atoms with E-state index in [4.69, 9.17) is 22.1 Å². The lowest BCUT2D eigenvalue weighted by Crippen LogP contribution is -2.41. The fourth-order valence-electron chi connectivity index (χ4n) is 3.69. The van der Waals surface area contributed by atoms with Crippen LogP contribution in [0.25, 0.3) is 0 Å². The number of nitrogens with zero attached hydrogens (tertiary/aromatic N) is 1. The Balaban J connectivity index is 1.54. The highest BCUT2D eigenvalue weighted by Crippen LogP contribution is 2.33. The Morgan fingerprint density at radius 3 is 2.68 bits per heavy atom. The third-order valence-electron chi connectivity index (χ3n) is 4.95. The van der Waals surface area contributed by atoms with Crippen LogP contribution in [0.1, 0.15) is 24.8 Å². The number of rotatable bonds is 4. The monoisotopic (exact) mass is 322 g/mol. The van der Waals surface area contributed by atoms with Crippen molar-refractivity contribution in [2.24, 2.45) is 17.6 Å². The first-order valence-electron chi connectivity index (χ1n) is 8.02. The minimum absolute atomic E-state index is 0.0277. The third-order valence-corrected chi connectivity index (χ3v) is 5.32. The van der Waals surface area contributed by atoms with Crippen molar-refractivity contribution in [3.63, 3.8) is 0 Å². The van der Waals surface area contributed by atoms with Crippen LogP contribution in [-0.2, 0) is 16.1 Å². The molecule has 5 heteroatoms. The molecule has 2 aliphatic heterocycles. The molecule has 22 heavy (non-hydrogen) atoms. The van der Waals surface area contributed by atoms with Gasteiger partial charge in [-0.2, -0.15) is 0 Å². The van der Waals surface area contributed by atoms with Crippen LogP contribution in [0.4, 0.5) is 0 Å². The molecule has 0 spiro atoms. The minimum Gasteiger partial charge on any atom is -0.377 e. The van der Waals surface area contributed by atoms with E-state index in [1.54, 1.807) is 0 Å². The molecular formula is C17H23ClN2O2. The second-order valence-electron chi connectivity index (χ2n) is 6.34. The molecule has 2 heterocycles. The van der Waals surface area contributed by atoms with E-state index in [-0.39, 0.29) is 17.9 Å². The second kappa shape index (κ2) is 6.99. The van der Waals surface area contributed by atoms with E-state index < -0.39 is 0 Å². The zero-order valence-electron chi connectivity index (χ0n) is 12.7. The Labute approximate surface area is 136 Å². The molecule has 0 aromatic heterocycles. The van der Waals surface area contributed by atoms with Crippen LogP contribution in [0.15, 0.2) is 24.3 Å². The van der Waals surface area contributed by atoms with E-state index in [0.717, 1.165) is 43.9 Å². The highest BCUT2D eigenvalue weighted by Gasteiger charge is 2.39. The molecule has 3 rings (SSSR count). The van der Waals surface area contributed by atoms with Crippen molar-refractivity contribution in [1.82, 2.24) is 4.90 Å². The van der Waals surface area contributed by atoms with Gasteiger partial charge in [0.15, 0.2) is 0 Å². The number of hydrogen-bond acceptors (Lipinski definition) is 3. The standard InChI is InChI=1S/C17H23ClN2O2/c18-15-4-2-1-3-13(15)11-20-8-5-12(6-9-20)16-14(17(19)21)7-10-22-16/h1-4,12,14,16H,5-11H2,(H2,19,21)/t14-,16+/m0/s1. The number of hydrogen-bond donors (Lipinski definition) is 1. The van der Waals surface area contributed by atoms with E-state index in [2.05, 4.69) is 11.0 Å². The van der Waals surface area contributed by atoms with E-state index in [1.165, 1.54) is 5.56 Å². The van der Waals surface area contributed by atoms with Crippen molar-refractivity contribution in [2.75, 3.05) is 19.7 Å². The molecule has 2 N–H and O–H groups in total. The average Bonchev–Trinajstić information content (AvgIpc) is 3.00. The van der Waals surface area contributed by atoms with Gasteiger partial charge in [0.25, 0.3) is 0 Å². The maximum Gasteiger partial charge on any atom is 0.223 e. The highest BCUT2D eigenvalue weighted by molar-refractivity contribution is 6.31. The Hall–Kier alpha value is -1.10. The van der Waals surface area contributed by atoms with Crippen LogP contribution in [0.2, 0.25) is 5.02 Å². The van der Waals surface area contributed by atoms with Gasteiger partial charge in [-0.05, 0) is 49.9 Å². The smallest absolute Gasteiger partial charge is 0.223 e. The van der Waals surface area contributed by atoms with Gasteiger partial charge in [-0.15, -0.1) is 0 Å². The number of likely N-dealkylation sites (tertiary alicyclic amines) is 1. The Bertz CT molecular complexity index is 529. The molecule has 2 atom stereocenters. The normalized spacial score (nSPS) is 27.1. The van der Waals surface area contributed by atoms with Gasteiger partial charge in [0, 0.05) is 18.2 Å². The summed E-state index contributed by atoms with van der Waals surface area (Å²) in [4.78, 5) is 13.9. The van der Waals surface area contributed by atoms with Crippen LogP contribution in [0, 0.1) is 11.8 Å². The van der Waals surface area contributed by atoms with Crippen LogP contribution < -0.4 is 5.73 Å². The number of amides is 1. The first-order valence-corrected chi connectivity index (χ1v) is 8.39. The lowest BCUT2D eigenvalue weighted by molar-refractivity contribution is -0.124. The SMILES string of the molecule is NC(=O)[C@H]1CCO[C@@H]1C1CCN(Cc2ccccc2Cl)CC1. The summed E-state index contributed by atoms with van der Waals surface area (Å²) in [6.07, 6.45) is 2.91. The molecular weight excluding hydrogens is 300 g/mol. The van der Waals surface area contributed by atoms with Crippen LogP contribution in [0.5, 0.6) is 0 Å². The van der Waals surface area contributed by atoms with Gasteiger partial charge in [0.05, 0.1) is 12.0 Å². The average molecular weight is 323 g/mol. The zero-order chi connectivity index (χ0) is 15.5. The topological polar surface area (TPSA) is 55.6 Å². The molecule has 2 fully saturated rings. The fraction of sp³-hybridized carbons (Fsp3) is 0.588. The fourth-order valence-corrected chi connectivity index (χ4v) is 3.88.